The summed E-state index contributed by atoms with van der Waals surface area (Å²) in [6.45, 7) is 0. The topological polar surface area (TPSA) is 52.8 Å². The van der Waals surface area contributed by atoms with E-state index in [1.165, 1.54) is 13.4 Å². The number of aromatic nitrogens is 4. The Morgan fingerprint density at radius 2 is 2.29 bits per heavy atom. The van der Waals surface area contributed by atoms with Crippen LogP contribution in [0.25, 0.3) is 5.82 Å². The second-order valence-corrected chi connectivity index (χ2v) is 2.85. The molecule has 0 unspecified atom stereocenters. The molecule has 0 saturated heterocycles. The Morgan fingerprint density at radius 1 is 1.43 bits per heavy atom. The van der Waals surface area contributed by atoms with Gasteiger partial charge in [-0.2, -0.15) is 0 Å². The van der Waals surface area contributed by atoms with Crippen molar-refractivity contribution in [1.82, 2.24) is 19.5 Å². The van der Waals surface area contributed by atoms with Crippen LogP contribution < -0.4 is 4.74 Å². The monoisotopic (exact) mass is 210 g/mol. The first-order chi connectivity index (χ1) is 6.83. The third-order valence-corrected chi connectivity index (χ3v) is 1.96. The van der Waals surface area contributed by atoms with E-state index >= 15 is 0 Å². The largest absolute Gasteiger partial charge is 0.490 e. The van der Waals surface area contributed by atoms with Crippen molar-refractivity contribution in [2.24, 2.45) is 0 Å². The average Bonchev–Trinajstić information content (AvgIpc) is 2.70. The number of hydrogen-bond donors (Lipinski definition) is 0. The zero-order chi connectivity index (χ0) is 9.97. The third-order valence-electron chi connectivity index (χ3n) is 1.69. The second kappa shape index (κ2) is 3.63. The van der Waals surface area contributed by atoms with E-state index in [1.807, 2.05) is 0 Å². The molecule has 0 amide bonds. The van der Waals surface area contributed by atoms with Crippen LogP contribution in [0.4, 0.5) is 0 Å². The van der Waals surface area contributed by atoms with Gasteiger partial charge in [0.2, 0.25) is 0 Å². The molecule has 0 fully saturated rings. The lowest BCUT2D eigenvalue weighted by molar-refractivity contribution is 0.408. The maximum Gasteiger partial charge on any atom is 0.199 e. The molecule has 72 valence electrons. The molecule has 2 aromatic rings. The molecule has 2 rings (SSSR count). The Kier molecular flexibility index (Phi) is 2.32. The van der Waals surface area contributed by atoms with Crippen molar-refractivity contribution in [3.05, 3.63) is 30.2 Å². The molecule has 0 bridgehead atoms. The smallest absolute Gasteiger partial charge is 0.199 e. The van der Waals surface area contributed by atoms with E-state index in [2.05, 4.69) is 15.0 Å². The number of halogens is 1. The molecule has 0 aliphatic rings. The first-order valence-electron chi connectivity index (χ1n) is 3.85. The lowest BCUT2D eigenvalue weighted by atomic mass is 10.5. The van der Waals surface area contributed by atoms with Crippen LogP contribution in [-0.2, 0) is 0 Å². The zero-order valence-corrected chi connectivity index (χ0v) is 8.14. The predicted molar refractivity (Wildman–Crippen MR) is 50.7 cm³/mol. The molecule has 0 saturated carbocycles. The van der Waals surface area contributed by atoms with Crippen LogP contribution in [0.2, 0.25) is 5.15 Å². The Bertz CT molecular complexity index is 429. The van der Waals surface area contributed by atoms with Crippen LogP contribution >= 0.6 is 11.6 Å². The maximum atomic E-state index is 5.84. The van der Waals surface area contributed by atoms with E-state index in [-0.39, 0.29) is 5.15 Å². The quantitative estimate of drug-likeness (QED) is 0.702. The number of rotatable bonds is 2. The van der Waals surface area contributed by atoms with Crippen LogP contribution in [-0.4, -0.2) is 26.6 Å². The molecule has 0 aliphatic carbocycles. The molecule has 0 radical (unpaired) electrons. The molecule has 0 atom stereocenters. The van der Waals surface area contributed by atoms with Crippen LogP contribution in [0.15, 0.2) is 25.0 Å². The summed E-state index contributed by atoms with van der Waals surface area (Å²) >= 11 is 5.84. The van der Waals surface area contributed by atoms with Crippen LogP contribution in [0, 0.1) is 0 Å². The minimum atomic E-state index is 0.284. The van der Waals surface area contributed by atoms with Crippen molar-refractivity contribution in [3.8, 4) is 11.6 Å². The average molecular weight is 211 g/mol. The Morgan fingerprint density at radius 3 is 2.93 bits per heavy atom. The van der Waals surface area contributed by atoms with Gasteiger partial charge in [-0.25, -0.2) is 15.0 Å². The first-order valence-corrected chi connectivity index (χ1v) is 4.23. The summed E-state index contributed by atoms with van der Waals surface area (Å²) in [5.41, 5.74) is 0. The normalized spacial score (nSPS) is 10.1. The summed E-state index contributed by atoms with van der Waals surface area (Å²) in [4.78, 5) is 11.8. The van der Waals surface area contributed by atoms with Crippen LogP contribution in [0.1, 0.15) is 0 Å². The van der Waals surface area contributed by atoms with Gasteiger partial charge in [-0.05, 0) is 0 Å². The molecule has 6 heteroatoms. The third kappa shape index (κ3) is 1.42. The van der Waals surface area contributed by atoms with Gasteiger partial charge in [0.25, 0.3) is 0 Å². The van der Waals surface area contributed by atoms with Gasteiger partial charge < -0.3 is 4.74 Å². The van der Waals surface area contributed by atoms with Crippen molar-refractivity contribution in [1.29, 1.82) is 0 Å². The lowest BCUT2D eigenvalue weighted by Gasteiger charge is -2.07. The Balaban J connectivity index is 2.58. The Hall–Kier alpha value is -1.62. The highest BCUT2D eigenvalue weighted by Gasteiger charge is 2.10. The highest BCUT2D eigenvalue weighted by molar-refractivity contribution is 6.31. The summed E-state index contributed by atoms with van der Waals surface area (Å²) in [5, 5.41) is 0.284. The molecule has 2 heterocycles. The number of hydrogen-bond acceptors (Lipinski definition) is 4. The molecule has 0 aromatic carbocycles. The summed E-state index contributed by atoms with van der Waals surface area (Å²) in [6, 6.07) is 0. The second-order valence-electron chi connectivity index (χ2n) is 2.49. The highest BCUT2D eigenvalue weighted by Crippen LogP contribution is 2.26. The van der Waals surface area contributed by atoms with Crippen LogP contribution in [0.5, 0.6) is 5.75 Å². The summed E-state index contributed by atoms with van der Waals surface area (Å²) in [6.07, 6.45) is 6.39. The van der Waals surface area contributed by atoms with E-state index in [1.54, 1.807) is 23.3 Å². The number of nitrogens with zero attached hydrogens (tertiary/aromatic N) is 4. The van der Waals surface area contributed by atoms with Gasteiger partial charge in [0.05, 0.1) is 7.11 Å². The number of methoxy groups -OCH3 is 1. The highest BCUT2D eigenvalue weighted by atomic mass is 35.5. The van der Waals surface area contributed by atoms with E-state index < -0.39 is 0 Å². The van der Waals surface area contributed by atoms with Gasteiger partial charge in [0.15, 0.2) is 16.7 Å². The van der Waals surface area contributed by atoms with Gasteiger partial charge in [0, 0.05) is 12.4 Å². The molecule has 0 spiro atoms. The van der Waals surface area contributed by atoms with Gasteiger partial charge in [-0.15, -0.1) is 0 Å². The maximum absolute atomic E-state index is 5.84. The van der Waals surface area contributed by atoms with E-state index in [4.69, 9.17) is 16.3 Å². The minimum Gasteiger partial charge on any atom is -0.490 e. The van der Waals surface area contributed by atoms with Crippen molar-refractivity contribution in [2.45, 2.75) is 0 Å². The van der Waals surface area contributed by atoms with Gasteiger partial charge in [-0.3, -0.25) is 4.57 Å². The predicted octanol–water partition coefficient (Wildman–Crippen LogP) is 1.32. The summed E-state index contributed by atoms with van der Waals surface area (Å²) in [7, 11) is 1.52. The van der Waals surface area contributed by atoms with Crippen molar-refractivity contribution >= 4 is 11.6 Å². The van der Waals surface area contributed by atoms with Crippen molar-refractivity contribution in [3.63, 3.8) is 0 Å². The molecule has 0 N–H and O–H groups in total. The fourth-order valence-corrected chi connectivity index (χ4v) is 1.29. The molecular formula is C8H7ClN4O. The van der Waals surface area contributed by atoms with Crippen molar-refractivity contribution < 1.29 is 4.74 Å². The lowest BCUT2D eigenvalue weighted by Crippen LogP contribution is -2.00. The fourth-order valence-electron chi connectivity index (χ4n) is 1.09. The van der Waals surface area contributed by atoms with Gasteiger partial charge >= 0.3 is 0 Å². The fraction of sp³-hybridized carbons (Fsp3) is 0.125. The number of imidazole rings is 1. The summed E-state index contributed by atoms with van der Waals surface area (Å²) in [5.74, 6) is 1.01. The molecular weight excluding hydrogens is 204 g/mol. The SMILES string of the molecule is COc1c(Cl)ncnc1-n1ccnc1. The van der Waals surface area contributed by atoms with E-state index in [9.17, 15) is 0 Å². The number of ether oxygens (including phenoxy) is 1. The Labute approximate surface area is 85.3 Å². The zero-order valence-electron chi connectivity index (χ0n) is 7.38. The van der Waals surface area contributed by atoms with Crippen molar-refractivity contribution in [2.75, 3.05) is 7.11 Å². The minimum absolute atomic E-state index is 0.284. The summed E-state index contributed by atoms with van der Waals surface area (Å²) < 4.78 is 6.80. The van der Waals surface area contributed by atoms with E-state index in [0.717, 1.165) is 0 Å². The first kappa shape index (κ1) is 8.96. The molecule has 5 nitrogen and oxygen atoms in total. The van der Waals surface area contributed by atoms with Crippen LogP contribution in [0.3, 0.4) is 0 Å². The standard InChI is InChI=1S/C8H7ClN4O/c1-14-6-7(9)11-4-12-8(6)13-3-2-10-5-13/h2-5H,1H3. The van der Waals surface area contributed by atoms with Gasteiger partial charge in [-0.1, -0.05) is 11.6 Å². The van der Waals surface area contributed by atoms with Gasteiger partial charge in [0.1, 0.15) is 12.7 Å². The molecule has 14 heavy (non-hydrogen) atoms. The molecule has 0 aliphatic heterocycles. The molecule has 2 aromatic heterocycles. The van der Waals surface area contributed by atoms with E-state index in [0.29, 0.717) is 11.6 Å².